The molecule has 3 aromatic carbocycles. The van der Waals surface area contributed by atoms with Crippen LogP contribution in [0.1, 0.15) is 17.2 Å². The first-order valence-electron chi connectivity index (χ1n) is 9.89. The third-order valence-electron chi connectivity index (χ3n) is 5.77. The van der Waals surface area contributed by atoms with Gasteiger partial charge in [-0.1, -0.05) is 48.0 Å². The van der Waals surface area contributed by atoms with Gasteiger partial charge in [-0.25, -0.2) is 9.96 Å². The Bertz CT molecular complexity index is 1170. The highest BCUT2D eigenvalue weighted by molar-refractivity contribution is 6.32. The Labute approximate surface area is 184 Å². The second kappa shape index (κ2) is 7.41. The number of carbonyl (C=O) groups is 2. The van der Waals surface area contributed by atoms with Crippen molar-refractivity contribution in [2.75, 3.05) is 9.96 Å². The number of anilines is 2. The molecule has 6 nitrogen and oxygen atoms in total. The molecule has 156 valence electrons. The van der Waals surface area contributed by atoms with Gasteiger partial charge in [-0.05, 0) is 54.4 Å². The molecular formula is C24H19ClN2O4. The van der Waals surface area contributed by atoms with Gasteiger partial charge in [-0.3, -0.25) is 14.4 Å². The molecule has 7 heteroatoms. The van der Waals surface area contributed by atoms with E-state index in [1.807, 2.05) is 37.3 Å². The Balaban J connectivity index is 1.58. The largest absolute Gasteiger partial charge is 0.508 e. The summed E-state index contributed by atoms with van der Waals surface area (Å²) < 4.78 is 0. The summed E-state index contributed by atoms with van der Waals surface area (Å²) in [5.74, 6) is -1.38. The number of hydrogen-bond donors (Lipinski definition) is 1. The van der Waals surface area contributed by atoms with Crippen LogP contribution in [-0.2, 0) is 14.4 Å². The van der Waals surface area contributed by atoms with Crippen LogP contribution in [0.3, 0.4) is 0 Å². The van der Waals surface area contributed by atoms with Crippen molar-refractivity contribution < 1.29 is 19.5 Å². The molecular weight excluding hydrogens is 416 g/mol. The number of para-hydroxylation sites is 1. The number of benzene rings is 3. The number of imide groups is 1. The minimum absolute atomic E-state index is 0.121. The maximum absolute atomic E-state index is 13.5. The van der Waals surface area contributed by atoms with Gasteiger partial charge in [-0.2, -0.15) is 0 Å². The minimum Gasteiger partial charge on any atom is -0.508 e. The van der Waals surface area contributed by atoms with Crippen LogP contribution in [-0.4, -0.2) is 23.0 Å². The van der Waals surface area contributed by atoms with Crippen LogP contribution >= 0.6 is 11.6 Å². The number of phenols is 1. The van der Waals surface area contributed by atoms with Gasteiger partial charge in [0.2, 0.25) is 5.91 Å². The summed E-state index contributed by atoms with van der Waals surface area (Å²) in [6, 6.07) is 20.5. The van der Waals surface area contributed by atoms with Crippen molar-refractivity contribution in [2.45, 2.75) is 19.1 Å². The average molecular weight is 435 g/mol. The third kappa shape index (κ3) is 3.15. The average Bonchev–Trinajstić information content (AvgIpc) is 3.28. The van der Waals surface area contributed by atoms with E-state index in [1.54, 1.807) is 47.5 Å². The number of amides is 2. The predicted molar refractivity (Wildman–Crippen MR) is 117 cm³/mol. The number of rotatable bonds is 3. The summed E-state index contributed by atoms with van der Waals surface area (Å²) in [6.45, 7) is 1.86. The number of nitrogens with zero attached hydrogens (tertiary/aromatic N) is 2. The highest BCUT2D eigenvalue weighted by atomic mass is 35.5. The van der Waals surface area contributed by atoms with Gasteiger partial charge in [0.15, 0.2) is 6.10 Å². The molecule has 0 aromatic heterocycles. The first kappa shape index (κ1) is 19.6. The molecule has 3 atom stereocenters. The minimum atomic E-state index is -0.952. The van der Waals surface area contributed by atoms with Crippen LogP contribution in [0.2, 0.25) is 5.02 Å². The number of aromatic hydroxyl groups is 1. The first-order chi connectivity index (χ1) is 15.0. The van der Waals surface area contributed by atoms with E-state index in [9.17, 15) is 14.7 Å². The van der Waals surface area contributed by atoms with Crippen LogP contribution < -0.4 is 9.96 Å². The Morgan fingerprint density at radius 2 is 1.61 bits per heavy atom. The lowest BCUT2D eigenvalue weighted by atomic mass is 9.90. The number of aryl methyl sites for hydroxylation is 1. The number of phenolic OH excluding ortho intramolecular Hbond substituents is 1. The summed E-state index contributed by atoms with van der Waals surface area (Å²) in [5, 5.41) is 11.8. The standard InChI is InChI=1S/C24H19ClN2O4/c1-14-7-10-17(13-19(14)25)26-23(29)20-21(15-8-11-18(28)12-9-15)27(31-22(20)24(26)30)16-5-3-2-4-6-16/h2-13,20-22,28H,1H3/t20-,21-,22-/m0/s1. The zero-order valence-electron chi connectivity index (χ0n) is 16.6. The fourth-order valence-corrected chi connectivity index (χ4v) is 4.37. The van der Waals surface area contributed by atoms with Gasteiger partial charge in [0, 0.05) is 5.02 Å². The predicted octanol–water partition coefficient (Wildman–Crippen LogP) is 4.41. The smallest absolute Gasteiger partial charge is 0.266 e. The quantitative estimate of drug-likeness (QED) is 0.618. The van der Waals surface area contributed by atoms with Crippen molar-refractivity contribution in [3.05, 3.63) is 88.9 Å². The Hall–Kier alpha value is -3.35. The fourth-order valence-electron chi connectivity index (χ4n) is 4.20. The number of fused-ring (bicyclic) bond motifs is 1. The van der Waals surface area contributed by atoms with Gasteiger partial charge in [0.25, 0.3) is 5.91 Å². The molecule has 2 heterocycles. The van der Waals surface area contributed by atoms with Crippen LogP contribution in [0, 0.1) is 12.8 Å². The van der Waals surface area contributed by atoms with E-state index in [2.05, 4.69) is 0 Å². The van der Waals surface area contributed by atoms with Gasteiger partial charge in [-0.15, -0.1) is 0 Å². The van der Waals surface area contributed by atoms with Crippen LogP contribution in [0.15, 0.2) is 72.8 Å². The molecule has 2 aliphatic rings. The number of halogens is 1. The van der Waals surface area contributed by atoms with Crippen molar-refractivity contribution in [1.29, 1.82) is 0 Å². The maximum atomic E-state index is 13.5. The lowest BCUT2D eigenvalue weighted by Gasteiger charge is -2.28. The molecule has 0 bridgehead atoms. The molecule has 2 fully saturated rings. The SMILES string of the molecule is Cc1ccc(N2C(=O)[C@@H]3[C@H](ON(c4ccccc4)[C@H]3c3ccc(O)cc3)C2=O)cc1Cl. The van der Waals surface area contributed by atoms with E-state index >= 15 is 0 Å². The summed E-state index contributed by atoms with van der Waals surface area (Å²) in [7, 11) is 0. The monoisotopic (exact) mass is 434 g/mol. The van der Waals surface area contributed by atoms with Crippen LogP contribution in [0.4, 0.5) is 11.4 Å². The van der Waals surface area contributed by atoms with E-state index in [0.717, 1.165) is 21.7 Å². The van der Waals surface area contributed by atoms with E-state index in [1.165, 1.54) is 0 Å². The van der Waals surface area contributed by atoms with Gasteiger partial charge in [0.05, 0.1) is 17.4 Å². The van der Waals surface area contributed by atoms with Crippen LogP contribution in [0.5, 0.6) is 5.75 Å². The van der Waals surface area contributed by atoms with E-state index in [0.29, 0.717) is 10.7 Å². The van der Waals surface area contributed by atoms with Crippen molar-refractivity contribution in [3.8, 4) is 5.75 Å². The normalized spacial score (nSPS) is 22.8. The molecule has 0 radical (unpaired) electrons. The topological polar surface area (TPSA) is 70.1 Å². The number of carbonyl (C=O) groups excluding carboxylic acids is 2. The molecule has 0 saturated carbocycles. The zero-order chi connectivity index (χ0) is 21.7. The van der Waals surface area contributed by atoms with Gasteiger partial charge >= 0.3 is 0 Å². The first-order valence-corrected chi connectivity index (χ1v) is 10.3. The third-order valence-corrected chi connectivity index (χ3v) is 6.18. The summed E-state index contributed by atoms with van der Waals surface area (Å²) in [6.07, 6.45) is -0.952. The Kier molecular flexibility index (Phi) is 4.68. The Morgan fingerprint density at radius 1 is 0.903 bits per heavy atom. The van der Waals surface area contributed by atoms with Crippen molar-refractivity contribution in [1.82, 2.24) is 0 Å². The second-order valence-electron chi connectivity index (χ2n) is 7.69. The van der Waals surface area contributed by atoms with Crippen molar-refractivity contribution in [2.24, 2.45) is 5.92 Å². The van der Waals surface area contributed by atoms with Gasteiger partial charge in [0.1, 0.15) is 11.7 Å². The van der Waals surface area contributed by atoms with Crippen LogP contribution in [0.25, 0.3) is 0 Å². The number of hydroxylamine groups is 1. The molecule has 2 amide bonds. The van der Waals surface area contributed by atoms with E-state index in [4.69, 9.17) is 16.4 Å². The molecule has 2 saturated heterocycles. The van der Waals surface area contributed by atoms with E-state index in [-0.39, 0.29) is 11.7 Å². The molecule has 31 heavy (non-hydrogen) atoms. The molecule has 0 spiro atoms. The molecule has 1 N–H and O–H groups in total. The highest BCUT2D eigenvalue weighted by Crippen LogP contribution is 2.47. The summed E-state index contributed by atoms with van der Waals surface area (Å²) >= 11 is 6.24. The highest BCUT2D eigenvalue weighted by Gasteiger charge is 2.60. The molecule has 5 rings (SSSR count). The lowest BCUT2D eigenvalue weighted by molar-refractivity contribution is -0.126. The van der Waals surface area contributed by atoms with Crippen molar-refractivity contribution in [3.63, 3.8) is 0 Å². The number of hydrogen-bond acceptors (Lipinski definition) is 5. The summed E-state index contributed by atoms with van der Waals surface area (Å²) in [5.41, 5.74) is 2.79. The van der Waals surface area contributed by atoms with Gasteiger partial charge < -0.3 is 5.11 Å². The molecule has 0 unspecified atom stereocenters. The summed E-state index contributed by atoms with van der Waals surface area (Å²) in [4.78, 5) is 34.0. The van der Waals surface area contributed by atoms with Crippen molar-refractivity contribution >= 4 is 34.8 Å². The van der Waals surface area contributed by atoms with E-state index < -0.39 is 24.0 Å². The molecule has 2 aliphatic heterocycles. The molecule has 0 aliphatic carbocycles. The fraction of sp³-hybridized carbons (Fsp3) is 0.167. The zero-order valence-corrected chi connectivity index (χ0v) is 17.4. The maximum Gasteiger partial charge on any atom is 0.266 e. The molecule has 3 aromatic rings. The Morgan fingerprint density at radius 3 is 2.29 bits per heavy atom. The second-order valence-corrected chi connectivity index (χ2v) is 8.10. The lowest BCUT2D eigenvalue weighted by Crippen LogP contribution is -2.37.